The minimum absolute atomic E-state index is 0.0919. The lowest BCUT2D eigenvalue weighted by Gasteiger charge is -2.19. The highest BCUT2D eigenvalue weighted by atomic mass is 32.2. The topological polar surface area (TPSA) is 41.5 Å². The number of rotatable bonds is 2. The number of amidine groups is 1. The number of nitrogens with zero attached hydrogens (tertiary/aromatic N) is 1. The molecule has 0 unspecified atom stereocenters. The smallest absolute Gasteiger partial charge is 0.242 e. The van der Waals surface area contributed by atoms with Crippen LogP contribution < -0.4 is 5.32 Å². The van der Waals surface area contributed by atoms with Gasteiger partial charge in [-0.05, 0) is 31.6 Å². The third kappa shape index (κ3) is 1.99. The third-order valence-corrected chi connectivity index (χ3v) is 5.26. The van der Waals surface area contributed by atoms with E-state index >= 15 is 0 Å². The van der Waals surface area contributed by atoms with Crippen LogP contribution in [0.4, 0.5) is 0 Å². The Labute approximate surface area is 100 Å². The lowest BCUT2D eigenvalue weighted by atomic mass is 9.89. The number of carbonyl (C=O) groups is 1. The van der Waals surface area contributed by atoms with E-state index in [1.807, 2.05) is 0 Å². The first kappa shape index (κ1) is 10.6. The molecule has 0 aromatic carbocycles. The molecule has 0 aromatic rings. The summed E-state index contributed by atoms with van der Waals surface area (Å²) in [7, 11) is 0. The maximum atomic E-state index is 11.6. The standard InChI is InChI=1S/C12H18N2OS/c15-10-12(6-7-12)16-11(14-10)13-8-9-4-2-1-3-5-9/h9H,1-8H2,(H,13,14,15). The van der Waals surface area contributed by atoms with Crippen molar-refractivity contribution in [3.63, 3.8) is 0 Å². The van der Waals surface area contributed by atoms with Crippen molar-refractivity contribution in [1.82, 2.24) is 5.32 Å². The second-order valence-corrected chi connectivity index (χ2v) is 6.57. The number of aliphatic imine (C=N–C) groups is 1. The molecular weight excluding hydrogens is 220 g/mol. The predicted octanol–water partition coefficient (Wildman–Crippen LogP) is 2.32. The van der Waals surface area contributed by atoms with Gasteiger partial charge in [0.2, 0.25) is 5.91 Å². The summed E-state index contributed by atoms with van der Waals surface area (Å²) >= 11 is 1.66. The number of thioether (sulfide) groups is 1. The zero-order valence-corrected chi connectivity index (χ0v) is 10.3. The molecule has 1 saturated heterocycles. The van der Waals surface area contributed by atoms with Crippen LogP contribution in [0, 0.1) is 5.92 Å². The Bertz CT molecular complexity index is 330. The van der Waals surface area contributed by atoms with E-state index in [-0.39, 0.29) is 10.7 Å². The molecule has 0 atom stereocenters. The van der Waals surface area contributed by atoms with Crippen LogP contribution in [-0.2, 0) is 4.79 Å². The van der Waals surface area contributed by atoms with Crippen LogP contribution in [0.1, 0.15) is 44.9 Å². The molecule has 4 heteroatoms. The summed E-state index contributed by atoms with van der Waals surface area (Å²) in [6.45, 7) is 0.915. The highest BCUT2D eigenvalue weighted by Crippen LogP contribution is 2.52. The Morgan fingerprint density at radius 3 is 2.69 bits per heavy atom. The highest BCUT2D eigenvalue weighted by molar-refractivity contribution is 8.16. The van der Waals surface area contributed by atoms with Gasteiger partial charge in [-0.2, -0.15) is 0 Å². The highest BCUT2D eigenvalue weighted by Gasteiger charge is 2.56. The predicted molar refractivity (Wildman–Crippen MR) is 66.6 cm³/mol. The number of carbonyl (C=O) groups excluding carboxylic acids is 1. The summed E-state index contributed by atoms with van der Waals surface area (Å²) in [5.74, 6) is 0.953. The summed E-state index contributed by atoms with van der Waals surface area (Å²) in [5, 5.41) is 3.80. The zero-order chi connectivity index (χ0) is 11.0. The molecule has 3 rings (SSSR count). The van der Waals surface area contributed by atoms with Crippen molar-refractivity contribution in [1.29, 1.82) is 0 Å². The minimum atomic E-state index is -0.0919. The normalized spacial score (nSPS) is 31.0. The number of hydrogen-bond donors (Lipinski definition) is 1. The third-order valence-electron chi connectivity index (χ3n) is 3.85. The fourth-order valence-electron chi connectivity index (χ4n) is 2.56. The van der Waals surface area contributed by atoms with Crippen LogP contribution in [0.2, 0.25) is 0 Å². The summed E-state index contributed by atoms with van der Waals surface area (Å²) in [6.07, 6.45) is 8.82. The van der Waals surface area contributed by atoms with Gasteiger partial charge in [-0.1, -0.05) is 31.0 Å². The van der Waals surface area contributed by atoms with Crippen molar-refractivity contribution in [2.45, 2.75) is 49.7 Å². The maximum absolute atomic E-state index is 11.6. The van der Waals surface area contributed by atoms with E-state index in [0.717, 1.165) is 30.5 Å². The first-order chi connectivity index (χ1) is 7.78. The Morgan fingerprint density at radius 2 is 2.06 bits per heavy atom. The Hall–Kier alpha value is -0.510. The molecule has 0 radical (unpaired) electrons. The number of hydrogen-bond acceptors (Lipinski definition) is 3. The van der Waals surface area contributed by atoms with Crippen molar-refractivity contribution in [2.75, 3.05) is 6.54 Å². The second kappa shape index (κ2) is 4.06. The van der Waals surface area contributed by atoms with Crippen LogP contribution in [0.25, 0.3) is 0 Å². The van der Waals surface area contributed by atoms with Crippen LogP contribution in [0.3, 0.4) is 0 Å². The van der Waals surface area contributed by atoms with E-state index in [1.54, 1.807) is 11.8 Å². The molecule has 3 nitrogen and oxygen atoms in total. The van der Waals surface area contributed by atoms with E-state index in [4.69, 9.17) is 0 Å². The van der Waals surface area contributed by atoms with Gasteiger partial charge >= 0.3 is 0 Å². The average Bonchev–Trinajstić information content (AvgIpc) is 3.01. The second-order valence-electron chi connectivity index (χ2n) is 5.20. The van der Waals surface area contributed by atoms with Crippen LogP contribution >= 0.6 is 11.8 Å². The molecular formula is C12H18N2OS. The van der Waals surface area contributed by atoms with E-state index in [0.29, 0.717) is 0 Å². The maximum Gasteiger partial charge on any atom is 0.242 e. The van der Waals surface area contributed by atoms with Gasteiger partial charge in [0, 0.05) is 6.54 Å². The van der Waals surface area contributed by atoms with Gasteiger partial charge in [0.1, 0.15) is 4.75 Å². The van der Waals surface area contributed by atoms with E-state index in [2.05, 4.69) is 10.3 Å². The van der Waals surface area contributed by atoms with Crippen molar-refractivity contribution in [3.05, 3.63) is 0 Å². The van der Waals surface area contributed by atoms with Gasteiger partial charge in [-0.15, -0.1) is 0 Å². The Morgan fingerprint density at radius 1 is 1.31 bits per heavy atom. The summed E-state index contributed by atoms with van der Waals surface area (Å²) < 4.78 is -0.0919. The van der Waals surface area contributed by atoms with Gasteiger partial charge in [0.05, 0.1) is 0 Å². The van der Waals surface area contributed by atoms with Gasteiger partial charge < -0.3 is 5.32 Å². The van der Waals surface area contributed by atoms with Crippen LogP contribution in [0.5, 0.6) is 0 Å². The molecule has 1 N–H and O–H groups in total. The summed E-state index contributed by atoms with van der Waals surface area (Å²) in [6, 6.07) is 0. The van der Waals surface area contributed by atoms with Crippen LogP contribution in [0.15, 0.2) is 4.99 Å². The largest absolute Gasteiger partial charge is 0.304 e. The Kier molecular flexibility index (Phi) is 2.70. The molecule has 0 aromatic heterocycles. The number of nitrogens with one attached hydrogen (secondary N) is 1. The lowest BCUT2D eigenvalue weighted by Crippen LogP contribution is -2.26. The summed E-state index contributed by atoms with van der Waals surface area (Å²) in [4.78, 5) is 16.2. The van der Waals surface area contributed by atoms with Crippen molar-refractivity contribution >= 4 is 22.8 Å². The molecule has 0 bridgehead atoms. The van der Waals surface area contributed by atoms with Crippen molar-refractivity contribution < 1.29 is 4.79 Å². The first-order valence-corrected chi connectivity index (χ1v) is 7.15. The van der Waals surface area contributed by atoms with Gasteiger partial charge in [0.15, 0.2) is 5.17 Å². The average molecular weight is 238 g/mol. The van der Waals surface area contributed by atoms with Crippen molar-refractivity contribution in [3.8, 4) is 0 Å². The molecule has 88 valence electrons. The van der Waals surface area contributed by atoms with Gasteiger partial charge in [-0.25, -0.2) is 0 Å². The van der Waals surface area contributed by atoms with E-state index < -0.39 is 0 Å². The fourth-order valence-corrected chi connectivity index (χ4v) is 3.67. The molecule has 1 spiro atoms. The number of amides is 1. The minimum Gasteiger partial charge on any atom is -0.304 e. The zero-order valence-electron chi connectivity index (χ0n) is 9.50. The molecule has 1 amide bonds. The van der Waals surface area contributed by atoms with E-state index in [1.165, 1.54) is 32.1 Å². The molecule has 2 saturated carbocycles. The first-order valence-electron chi connectivity index (χ1n) is 6.33. The van der Waals surface area contributed by atoms with Gasteiger partial charge in [0.25, 0.3) is 0 Å². The van der Waals surface area contributed by atoms with Gasteiger partial charge in [-0.3, -0.25) is 9.79 Å². The van der Waals surface area contributed by atoms with Crippen molar-refractivity contribution in [2.24, 2.45) is 10.9 Å². The SMILES string of the molecule is O=C1NC(=NCC2CCCCC2)SC12CC2. The Balaban J connectivity index is 1.55. The molecule has 1 aliphatic heterocycles. The summed E-state index contributed by atoms with van der Waals surface area (Å²) in [5.41, 5.74) is 0. The molecule has 1 heterocycles. The monoisotopic (exact) mass is 238 g/mol. The molecule has 16 heavy (non-hydrogen) atoms. The van der Waals surface area contributed by atoms with E-state index in [9.17, 15) is 4.79 Å². The molecule has 3 fully saturated rings. The van der Waals surface area contributed by atoms with Crippen LogP contribution in [-0.4, -0.2) is 22.4 Å². The lowest BCUT2D eigenvalue weighted by molar-refractivity contribution is -0.119. The fraction of sp³-hybridized carbons (Fsp3) is 0.833. The quantitative estimate of drug-likeness (QED) is 0.802. The molecule has 3 aliphatic rings. The molecule has 2 aliphatic carbocycles.